The van der Waals surface area contributed by atoms with Crippen LogP contribution in [0.5, 0.6) is 5.88 Å². The van der Waals surface area contributed by atoms with Gasteiger partial charge in [0.1, 0.15) is 65.5 Å². The standard InChI is InChI=1S/C14H19N5O4.C13H16FN5O4.C13H19N5O5.C11H13ClFN5O3.C11H14FN5O4.C11H14FN5O3/c1-3-8-9(4-20)23-14(11(8)22-7(2)21)19-6-18-10-12(15)16-5-17-13(10)19;1-6(21)22-10-7(2-14)8(3-20)23-13(10)19-5-18-9-11(15)16-4-17-12(9)19;1-2-22-11-8-10(16-13(14)17-11)18(5-15-8)12-9(21)6(3-19)7(4-20)23-12;12-8-6-9(17-11(14)16-8)18(3-15-6)10-7(20)4(1-13)5(2-19)21-10;12-1-4-5(2-18)21-10(7(4)19)17-3-14-6-8(17)15-11(13)16-9(6)20;12-1-5-6(2-18)20-11(8(5)19)17-4-16-7-9(13)14-3-15-10(7)17/h5-6,8-9,11,14,20H,3-4H2,1-2H3,(H2,15,16,17);4-5,7-8,10,13,20H,2-3H2,1H3,(H2,15,16,17);5-7,9,12,19-21H,2-4H2,1H3,(H2,14,16,17);3-5,7,10,19-20H,1-2H2,(H2,14,16,17);3-5,7,10,18-19H,1-2H2,(H3,13,15,16,20);3-6,8,11,18-19H,1-2H2,(H2,13,14,15)/t8-,9-,11-,14-;7-,8-,10-,13-;6-,7-,9-,12-;2*4-,5-,7-,10-;5-,6-,8-,11-/m111111/s1. The molecule has 12 aromatic heterocycles. The van der Waals surface area contributed by atoms with Crippen LogP contribution in [0, 0.1) is 35.5 Å². The van der Waals surface area contributed by atoms with Crippen molar-refractivity contribution in [3.05, 3.63) is 72.5 Å². The molecule has 0 saturated carbocycles. The van der Waals surface area contributed by atoms with Crippen molar-refractivity contribution in [2.75, 3.05) is 114 Å². The van der Waals surface area contributed by atoms with E-state index in [1.807, 2.05) is 13.8 Å². The van der Waals surface area contributed by atoms with Gasteiger partial charge in [-0.25, -0.2) is 59.8 Å². The lowest BCUT2D eigenvalue weighted by molar-refractivity contribution is -0.154. The summed E-state index contributed by atoms with van der Waals surface area (Å²) in [5.74, 6) is -4.20. The molecule has 18 rings (SSSR count). The summed E-state index contributed by atoms with van der Waals surface area (Å²) in [6, 6.07) is 0. The summed E-state index contributed by atoms with van der Waals surface area (Å²) in [6.07, 6.45) is -2.43. The first kappa shape index (κ1) is 96.5. The Hall–Kier alpha value is -12.0. The molecule has 6 saturated heterocycles. The fourth-order valence-corrected chi connectivity index (χ4v) is 16.3. The predicted octanol–water partition coefficient (Wildman–Crippen LogP) is -3.58. The largest absolute Gasteiger partial charge is 0.476 e. The first-order chi connectivity index (χ1) is 63.0. The van der Waals surface area contributed by atoms with Crippen molar-refractivity contribution < 1.29 is 126 Å². The fraction of sp³-hybridized carbons (Fsp3) is 0.562. The number of esters is 2. The second-order valence-corrected chi connectivity index (χ2v) is 30.5. The summed E-state index contributed by atoms with van der Waals surface area (Å²) in [7, 11) is 0. The van der Waals surface area contributed by atoms with Crippen molar-refractivity contribution in [2.24, 2.45) is 35.5 Å². The maximum atomic E-state index is 13.4. The third kappa shape index (κ3) is 19.3. The van der Waals surface area contributed by atoms with E-state index in [0.717, 1.165) is 0 Å². The van der Waals surface area contributed by atoms with E-state index in [1.54, 1.807) is 4.57 Å². The van der Waals surface area contributed by atoms with Crippen LogP contribution in [0.3, 0.4) is 0 Å². The van der Waals surface area contributed by atoms with Crippen molar-refractivity contribution >= 4 is 126 Å². The molecule has 0 bridgehead atoms. The van der Waals surface area contributed by atoms with E-state index < -0.39 is 204 Å². The molecule has 24 atom stereocenters. The van der Waals surface area contributed by atoms with Gasteiger partial charge in [-0.2, -0.15) is 24.9 Å². The van der Waals surface area contributed by atoms with E-state index in [0.29, 0.717) is 63.2 Å². The number of nitrogens with two attached hydrogens (primary N) is 6. The maximum Gasteiger partial charge on any atom is 0.303 e. The summed E-state index contributed by atoms with van der Waals surface area (Å²) in [5.41, 5.74) is 37.3. The number of ether oxygens (including phenoxy) is 9. The van der Waals surface area contributed by atoms with Crippen molar-refractivity contribution in [2.45, 2.75) is 145 Å². The zero-order valence-electron chi connectivity index (χ0n) is 69.7. The summed E-state index contributed by atoms with van der Waals surface area (Å²) < 4.78 is 111. The van der Waals surface area contributed by atoms with Crippen LogP contribution in [0.1, 0.15) is 71.5 Å². The third-order valence-electron chi connectivity index (χ3n) is 22.5. The minimum atomic E-state index is -1.20. The number of H-pyrrole nitrogens is 1. The Kier molecular flexibility index (Phi) is 31.0. The van der Waals surface area contributed by atoms with E-state index in [4.69, 9.17) is 88.6 Å². The van der Waals surface area contributed by atoms with Crippen LogP contribution < -0.4 is 44.7 Å². The molecule has 0 aliphatic carbocycles. The van der Waals surface area contributed by atoms with Crippen molar-refractivity contribution in [1.82, 2.24) is 117 Å². The Bertz CT molecular complexity index is 5850. The van der Waals surface area contributed by atoms with Crippen molar-refractivity contribution in [3.63, 3.8) is 0 Å². The second-order valence-electron chi connectivity index (χ2n) is 30.2. The molecule has 6 aliphatic rings. The lowest BCUT2D eigenvalue weighted by atomic mass is 9.95. The number of carbonyl (C=O) groups excluding carboxylic acids is 2. The van der Waals surface area contributed by atoms with E-state index in [-0.39, 0.29) is 95.5 Å². The number of imidazole rings is 6. The number of nitrogens with one attached hydrogen (secondary N) is 1. The highest BCUT2D eigenvalue weighted by Gasteiger charge is 2.52. The summed E-state index contributed by atoms with van der Waals surface area (Å²) in [4.78, 5) is 105. The number of rotatable bonds is 22. The summed E-state index contributed by atoms with van der Waals surface area (Å²) in [6.45, 7) is 1.13. The molecule has 18 heterocycles. The molecule has 0 aromatic carbocycles. The third-order valence-corrected chi connectivity index (χ3v) is 22.8. The van der Waals surface area contributed by atoms with Crippen LogP contribution in [-0.4, -0.2) is 338 Å². The highest BCUT2D eigenvalue weighted by Crippen LogP contribution is 2.44. The first-order valence-corrected chi connectivity index (χ1v) is 40.7. The number of aliphatic hydroxyl groups excluding tert-OH is 11. The molecule has 6 fully saturated rings. The molecular formula is C73H95ClF4N30O23. The van der Waals surface area contributed by atoms with Crippen molar-refractivity contribution in [1.29, 1.82) is 0 Å². The van der Waals surface area contributed by atoms with Gasteiger partial charge < -0.3 is 133 Å². The van der Waals surface area contributed by atoms with Crippen LogP contribution in [-0.2, 0) is 47.5 Å². The Labute approximate surface area is 738 Å². The van der Waals surface area contributed by atoms with Crippen LogP contribution in [0.15, 0.2) is 61.7 Å². The molecule has 58 heteroatoms. The highest BCUT2D eigenvalue weighted by molar-refractivity contribution is 6.33. The predicted molar refractivity (Wildman–Crippen MR) is 441 cm³/mol. The molecular weight excluding hydrogens is 1780 g/mol. The number of nitrogens with zero attached hydrogens (tertiary/aromatic N) is 23. The number of fused-ring (bicyclic) bond motifs is 6. The van der Waals surface area contributed by atoms with Gasteiger partial charge in [0.25, 0.3) is 5.56 Å². The molecule has 0 amide bonds. The van der Waals surface area contributed by atoms with Gasteiger partial charge in [0.15, 0.2) is 117 Å². The number of aliphatic hydroxyl groups is 11. The molecule has 0 radical (unpaired) electrons. The second kappa shape index (κ2) is 42.0. The number of alkyl halides is 4. The van der Waals surface area contributed by atoms with Crippen LogP contribution in [0.4, 0.5) is 52.9 Å². The van der Waals surface area contributed by atoms with E-state index in [1.165, 1.54) is 93.6 Å². The molecule has 0 spiro atoms. The minimum Gasteiger partial charge on any atom is -0.476 e. The average Bonchev–Trinajstić information content (AvgIpc) is 1.80. The van der Waals surface area contributed by atoms with Crippen molar-refractivity contribution in [3.8, 4) is 5.88 Å². The molecule has 131 heavy (non-hydrogen) atoms. The number of nitrogen functional groups attached to an aromatic ring is 6. The van der Waals surface area contributed by atoms with Crippen LogP contribution >= 0.6 is 11.6 Å². The number of hydrogen-bond donors (Lipinski definition) is 18. The Morgan fingerprint density at radius 2 is 0.710 bits per heavy atom. The number of aromatic nitrogens is 24. The quantitative estimate of drug-likeness (QED) is 0.0177. The lowest BCUT2D eigenvalue weighted by Crippen LogP contribution is -2.33. The van der Waals surface area contributed by atoms with Crippen LogP contribution in [0.2, 0.25) is 5.15 Å². The first-order valence-electron chi connectivity index (χ1n) is 40.3. The number of halogens is 5. The number of hydrogen-bond acceptors (Lipinski definition) is 46. The number of aromatic amines is 1. The zero-order valence-corrected chi connectivity index (χ0v) is 70.5. The highest BCUT2D eigenvalue weighted by atomic mass is 35.5. The van der Waals surface area contributed by atoms with Gasteiger partial charge in [0.05, 0.1) is 160 Å². The van der Waals surface area contributed by atoms with E-state index in [9.17, 15) is 88.1 Å². The normalized spacial score (nSPS) is 28.5. The monoisotopic (exact) mass is 1870 g/mol. The van der Waals surface area contributed by atoms with Gasteiger partial charge >= 0.3 is 11.9 Å². The summed E-state index contributed by atoms with van der Waals surface area (Å²) in [5, 5.41) is 106. The van der Waals surface area contributed by atoms with Gasteiger partial charge in [-0.05, 0) is 13.3 Å². The molecule has 0 unspecified atom stereocenters. The van der Waals surface area contributed by atoms with Gasteiger partial charge in [-0.1, -0.05) is 18.5 Å². The number of anilines is 6. The molecule has 53 nitrogen and oxygen atoms in total. The van der Waals surface area contributed by atoms with Gasteiger partial charge in [0.2, 0.25) is 23.7 Å². The Morgan fingerprint density at radius 1 is 0.397 bits per heavy atom. The zero-order chi connectivity index (χ0) is 94.2. The van der Waals surface area contributed by atoms with Crippen LogP contribution in [0.25, 0.3) is 67.0 Å². The average molecular weight is 1870 g/mol. The molecule has 710 valence electrons. The molecule has 24 N–H and O–H groups in total. The maximum absolute atomic E-state index is 13.4. The van der Waals surface area contributed by atoms with Gasteiger partial charge in [-0.15, -0.1) is 0 Å². The number of carbonyl (C=O) groups is 2. The van der Waals surface area contributed by atoms with E-state index in [2.05, 4.69) is 89.7 Å². The van der Waals surface area contributed by atoms with Gasteiger partial charge in [-0.3, -0.25) is 64.3 Å². The molecule has 6 aliphatic heterocycles. The summed E-state index contributed by atoms with van der Waals surface area (Å²) >= 11 is 5.92. The topological polar surface area (TPSA) is 777 Å². The SMILES string of the molecule is CC(=O)O[C@@H]1[C@H](CF)[C@@H](CO)O[C@H]1n1cnc2c(N)ncnc21.CCOc1nc(N)nc2c1ncn2[C@@H]1O[C@H](CO)[C@@H](CO)[C@H]1O.CC[C@H]1[C@@H](OC(C)=O)[C@H](n2cnc3c(N)ncnc32)O[C@@H]1CO.Nc1nc(Cl)c2ncn([C@@H]3O[C@H](CO)[C@@H](CF)[C@H]3O)c2n1.Nc1nc2c(ncn2[C@@H]2O[C@H](CO)[C@@H](CF)[C@H]2O)c(=O)[nH]1.Nc1ncnc2c1ncn2[C@@H]1O[C@H](CO)[C@@H](CF)[C@H]1O. The minimum absolute atomic E-state index is 0.00704. The molecule has 12 aromatic rings. The van der Waals surface area contributed by atoms with E-state index >= 15 is 0 Å². The van der Waals surface area contributed by atoms with Gasteiger partial charge in [0, 0.05) is 43.4 Å². The Balaban J connectivity index is 0.000000134. The Morgan fingerprint density at radius 3 is 1.07 bits per heavy atom. The fourth-order valence-electron chi connectivity index (χ4n) is 16.0. The lowest BCUT2D eigenvalue weighted by Gasteiger charge is -2.23. The smallest absolute Gasteiger partial charge is 0.303 e.